The van der Waals surface area contributed by atoms with E-state index in [1.165, 1.54) is 16.8 Å². The smallest absolute Gasteiger partial charge is 0.213 e. The molecule has 0 spiro atoms. The average molecular weight is 534 g/mol. The molecule has 0 radical (unpaired) electrons. The minimum Gasteiger partial charge on any atom is -0.474 e. The second-order valence-electron chi connectivity index (χ2n) is 9.47. The van der Waals surface area contributed by atoms with Crippen molar-refractivity contribution in [3.63, 3.8) is 0 Å². The molecule has 3 heterocycles. The number of benzene rings is 1. The highest BCUT2D eigenvalue weighted by Crippen LogP contribution is 2.37. The SMILES string of the molecule is CC(Oc1ccc(C#N)cn1)C1CCN(C(O)N2CCN(S(C)(=O)=O)CC2)CC1c1ccc(Cl)cc1. The molecule has 2 fully saturated rings. The van der Waals surface area contributed by atoms with E-state index in [1.54, 1.807) is 12.1 Å². The first kappa shape index (κ1) is 26.8. The molecule has 0 aliphatic carbocycles. The van der Waals surface area contributed by atoms with E-state index in [0.29, 0.717) is 55.7 Å². The number of aliphatic hydroxyl groups excluding tert-OH is 1. The van der Waals surface area contributed by atoms with Crippen molar-refractivity contribution >= 4 is 21.6 Å². The number of halogens is 1. The highest BCUT2D eigenvalue weighted by molar-refractivity contribution is 7.88. The van der Waals surface area contributed by atoms with Gasteiger partial charge in [-0.2, -0.15) is 9.57 Å². The van der Waals surface area contributed by atoms with E-state index in [9.17, 15) is 13.5 Å². The van der Waals surface area contributed by atoms with Crippen LogP contribution in [-0.4, -0.2) is 90.6 Å². The highest BCUT2D eigenvalue weighted by Gasteiger charge is 2.39. The lowest BCUT2D eigenvalue weighted by Crippen LogP contribution is -2.59. The Bertz CT molecular complexity index is 1160. The third-order valence-corrected chi connectivity index (χ3v) is 8.72. The van der Waals surface area contributed by atoms with Gasteiger partial charge in [0.05, 0.1) is 11.8 Å². The van der Waals surface area contributed by atoms with Gasteiger partial charge in [-0.1, -0.05) is 23.7 Å². The maximum absolute atomic E-state index is 11.8. The predicted octanol–water partition coefficient (Wildman–Crippen LogP) is 2.33. The fraction of sp³-hybridized carbons (Fsp3) is 0.520. The van der Waals surface area contributed by atoms with Crippen molar-refractivity contribution < 1.29 is 18.3 Å². The van der Waals surface area contributed by atoms with Crippen molar-refractivity contribution in [2.24, 2.45) is 5.92 Å². The minimum absolute atomic E-state index is 0.0800. The molecule has 0 saturated carbocycles. The van der Waals surface area contributed by atoms with Gasteiger partial charge in [0.1, 0.15) is 12.2 Å². The number of hydrogen-bond acceptors (Lipinski definition) is 8. The van der Waals surface area contributed by atoms with Gasteiger partial charge >= 0.3 is 0 Å². The van der Waals surface area contributed by atoms with Crippen molar-refractivity contribution in [1.82, 2.24) is 19.1 Å². The number of ether oxygens (including phenoxy) is 1. The molecule has 1 aromatic heterocycles. The maximum atomic E-state index is 11.8. The second kappa shape index (κ2) is 11.4. The zero-order valence-corrected chi connectivity index (χ0v) is 22.1. The number of rotatable bonds is 7. The van der Waals surface area contributed by atoms with Crippen LogP contribution in [0.4, 0.5) is 0 Å². The third-order valence-electron chi connectivity index (χ3n) is 7.17. The standard InChI is InChI=1S/C25H32ClN5O4S/c1-18(35-24-8-3-19(15-27)16-28-24)22-9-10-30(17-23(22)20-4-6-21(26)7-5-20)25(32)29-11-13-31(14-12-29)36(2,33)34/h3-8,16,18,22-23,25,32H,9-14,17H2,1-2H3. The van der Waals surface area contributed by atoms with Crippen LogP contribution < -0.4 is 4.74 Å². The number of pyridine rings is 1. The fourth-order valence-corrected chi connectivity index (χ4v) is 6.07. The van der Waals surface area contributed by atoms with Gasteiger partial charge < -0.3 is 9.84 Å². The first-order valence-corrected chi connectivity index (χ1v) is 14.3. The molecule has 0 amide bonds. The zero-order valence-electron chi connectivity index (χ0n) is 20.5. The van der Waals surface area contributed by atoms with E-state index >= 15 is 0 Å². The van der Waals surface area contributed by atoms with Crippen LogP contribution in [0.25, 0.3) is 0 Å². The molecule has 9 nitrogen and oxygen atoms in total. The molecule has 4 rings (SSSR count). The number of sulfonamides is 1. The van der Waals surface area contributed by atoms with E-state index in [4.69, 9.17) is 21.6 Å². The van der Waals surface area contributed by atoms with Gasteiger partial charge in [-0.05, 0) is 37.1 Å². The lowest BCUT2D eigenvalue weighted by molar-refractivity contribution is -0.136. The van der Waals surface area contributed by atoms with Gasteiger partial charge in [0.15, 0.2) is 6.35 Å². The van der Waals surface area contributed by atoms with E-state index in [2.05, 4.69) is 16.0 Å². The molecule has 2 saturated heterocycles. The van der Waals surface area contributed by atoms with Crippen molar-refractivity contribution in [3.05, 3.63) is 58.7 Å². The summed E-state index contributed by atoms with van der Waals surface area (Å²) in [4.78, 5) is 8.24. The number of aliphatic hydroxyl groups is 1. The molecule has 4 unspecified atom stereocenters. The van der Waals surface area contributed by atoms with Gasteiger partial charge in [-0.25, -0.2) is 13.4 Å². The predicted molar refractivity (Wildman–Crippen MR) is 137 cm³/mol. The van der Waals surface area contributed by atoms with Crippen LogP contribution in [0.15, 0.2) is 42.6 Å². The normalized spacial score (nSPS) is 24.1. The largest absolute Gasteiger partial charge is 0.474 e. The number of nitrogens with zero attached hydrogens (tertiary/aromatic N) is 5. The number of likely N-dealkylation sites (tertiary alicyclic amines) is 1. The average Bonchev–Trinajstić information content (AvgIpc) is 2.88. The van der Waals surface area contributed by atoms with Gasteiger partial charge in [0, 0.05) is 68.4 Å². The molecule has 4 atom stereocenters. The first-order valence-electron chi connectivity index (χ1n) is 12.1. The number of aromatic nitrogens is 1. The molecule has 1 N–H and O–H groups in total. The van der Waals surface area contributed by atoms with Crippen LogP contribution in [0.1, 0.15) is 30.4 Å². The molecule has 36 heavy (non-hydrogen) atoms. The number of hydrogen-bond donors (Lipinski definition) is 1. The topological polar surface area (TPSA) is 110 Å². The van der Waals surface area contributed by atoms with Crippen LogP contribution in [0.2, 0.25) is 5.02 Å². The molecule has 2 aliphatic heterocycles. The Kier molecular flexibility index (Phi) is 8.50. The Morgan fingerprint density at radius 1 is 1.11 bits per heavy atom. The quantitative estimate of drug-likeness (QED) is 0.577. The fourth-order valence-electron chi connectivity index (χ4n) is 5.12. The summed E-state index contributed by atoms with van der Waals surface area (Å²) >= 11 is 6.15. The highest BCUT2D eigenvalue weighted by atomic mass is 35.5. The zero-order chi connectivity index (χ0) is 25.9. The maximum Gasteiger partial charge on any atom is 0.213 e. The monoisotopic (exact) mass is 533 g/mol. The summed E-state index contributed by atoms with van der Waals surface area (Å²) in [6.07, 6.45) is 2.58. The van der Waals surface area contributed by atoms with E-state index < -0.39 is 16.4 Å². The second-order valence-corrected chi connectivity index (χ2v) is 11.9. The lowest BCUT2D eigenvalue weighted by Gasteiger charge is -2.46. The van der Waals surface area contributed by atoms with Crippen molar-refractivity contribution in [1.29, 1.82) is 5.26 Å². The summed E-state index contributed by atoms with van der Waals surface area (Å²) in [6, 6.07) is 13.3. The summed E-state index contributed by atoms with van der Waals surface area (Å²) in [5.74, 6) is 0.716. The van der Waals surface area contributed by atoms with Crippen molar-refractivity contribution in [2.45, 2.75) is 31.7 Å². The number of nitriles is 1. The van der Waals surface area contributed by atoms with Crippen LogP contribution in [0, 0.1) is 17.2 Å². The molecular weight excluding hydrogens is 502 g/mol. The Hall–Kier alpha value is -2.26. The summed E-state index contributed by atoms with van der Waals surface area (Å²) in [7, 11) is -3.23. The molecule has 2 aliphatic rings. The van der Waals surface area contributed by atoms with Gasteiger partial charge in [-0.3, -0.25) is 9.80 Å². The summed E-state index contributed by atoms with van der Waals surface area (Å²) in [5, 5.41) is 20.9. The molecule has 1 aromatic carbocycles. The number of piperazine rings is 1. The Morgan fingerprint density at radius 3 is 2.39 bits per heavy atom. The van der Waals surface area contributed by atoms with Gasteiger partial charge in [0.2, 0.25) is 15.9 Å². The van der Waals surface area contributed by atoms with Gasteiger partial charge in [0.25, 0.3) is 0 Å². The lowest BCUT2D eigenvalue weighted by atomic mass is 9.78. The Morgan fingerprint density at radius 2 is 1.81 bits per heavy atom. The third kappa shape index (κ3) is 6.35. The molecule has 2 aromatic rings. The van der Waals surface area contributed by atoms with E-state index in [-0.39, 0.29) is 17.9 Å². The molecule has 0 bridgehead atoms. The van der Waals surface area contributed by atoms with Crippen LogP contribution in [-0.2, 0) is 10.0 Å². The Balaban J connectivity index is 1.47. The first-order chi connectivity index (χ1) is 17.2. The molecule has 194 valence electrons. The summed E-state index contributed by atoms with van der Waals surface area (Å²) in [6.45, 7) is 5.02. The Labute approximate surface area is 217 Å². The summed E-state index contributed by atoms with van der Waals surface area (Å²) in [5.41, 5.74) is 1.60. The van der Waals surface area contributed by atoms with Crippen LogP contribution in [0.5, 0.6) is 5.88 Å². The molecule has 11 heteroatoms. The van der Waals surface area contributed by atoms with Crippen molar-refractivity contribution in [3.8, 4) is 11.9 Å². The van der Waals surface area contributed by atoms with Crippen molar-refractivity contribution in [2.75, 3.05) is 45.5 Å². The minimum atomic E-state index is -3.23. The van der Waals surface area contributed by atoms with Crippen LogP contribution in [0.3, 0.4) is 0 Å². The van der Waals surface area contributed by atoms with Crippen LogP contribution >= 0.6 is 11.6 Å². The van der Waals surface area contributed by atoms with Gasteiger partial charge in [-0.15, -0.1) is 0 Å². The molecular formula is C25H32ClN5O4S. The van der Waals surface area contributed by atoms with E-state index in [0.717, 1.165) is 12.0 Å². The summed E-state index contributed by atoms with van der Waals surface area (Å²) < 4.78 is 31.3. The van der Waals surface area contributed by atoms with E-state index in [1.807, 2.05) is 36.1 Å². The number of piperidine rings is 1.